The van der Waals surface area contributed by atoms with Gasteiger partial charge in [-0.2, -0.15) is 0 Å². The summed E-state index contributed by atoms with van der Waals surface area (Å²) in [6, 6.07) is 3.61. The highest BCUT2D eigenvalue weighted by atomic mass is 16.3. The molecule has 2 rings (SSSR count). The molecule has 1 aromatic heterocycles. The Morgan fingerprint density at radius 3 is 2.84 bits per heavy atom. The zero-order valence-corrected chi connectivity index (χ0v) is 12.1. The molecule has 4 nitrogen and oxygen atoms in total. The van der Waals surface area contributed by atoms with Crippen LogP contribution in [0.3, 0.4) is 0 Å². The van der Waals surface area contributed by atoms with E-state index in [1.54, 1.807) is 11.9 Å². The quantitative estimate of drug-likeness (QED) is 0.858. The van der Waals surface area contributed by atoms with Gasteiger partial charge in [-0.25, -0.2) is 0 Å². The maximum absolute atomic E-state index is 12.0. The van der Waals surface area contributed by atoms with Crippen LogP contribution in [0.5, 0.6) is 0 Å². The Bertz CT molecular complexity index is 441. The lowest BCUT2D eigenvalue weighted by Gasteiger charge is -2.19. The molecule has 1 heterocycles. The Hall–Kier alpha value is -1.29. The number of likely N-dealkylation sites (N-methyl/N-ethyl adjacent to an activating group) is 1. The fourth-order valence-electron chi connectivity index (χ4n) is 2.43. The summed E-state index contributed by atoms with van der Waals surface area (Å²) in [5.74, 6) is 3.20. The minimum atomic E-state index is -0.395. The van der Waals surface area contributed by atoms with Gasteiger partial charge in [0.1, 0.15) is 11.5 Å². The van der Waals surface area contributed by atoms with Crippen molar-refractivity contribution in [1.82, 2.24) is 4.90 Å². The topological polar surface area (TPSA) is 59.5 Å². The molecular weight excluding hydrogens is 240 g/mol. The van der Waals surface area contributed by atoms with Crippen molar-refractivity contribution in [2.24, 2.45) is 11.7 Å². The molecule has 1 aliphatic rings. The smallest absolute Gasteiger partial charge is 0.239 e. The summed E-state index contributed by atoms with van der Waals surface area (Å²) in [4.78, 5) is 13.7. The van der Waals surface area contributed by atoms with Gasteiger partial charge in [0.05, 0.1) is 12.6 Å². The van der Waals surface area contributed by atoms with Crippen LogP contribution in [0.1, 0.15) is 50.5 Å². The Morgan fingerprint density at radius 1 is 1.58 bits per heavy atom. The molecule has 2 unspecified atom stereocenters. The maximum Gasteiger partial charge on any atom is 0.239 e. The van der Waals surface area contributed by atoms with E-state index in [-0.39, 0.29) is 5.91 Å². The van der Waals surface area contributed by atoms with Crippen LogP contribution in [0.15, 0.2) is 16.5 Å². The molecule has 1 fully saturated rings. The van der Waals surface area contributed by atoms with Crippen molar-refractivity contribution in [3.8, 4) is 0 Å². The van der Waals surface area contributed by atoms with E-state index >= 15 is 0 Å². The van der Waals surface area contributed by atoms with Gasteiger partial charge in [-0.15, -0.1) is 0 Å². The Balaban J connectivity index is 1.89. The molecule has 0 aliphatic heterocycles. The second-order valence-corrected chi connectivity index (χ2v) is 5.71. The molecule has 0 bridgehead atoms. The minimum Gasteiger partial charge on any atom is -0.464 e. The van der Waals surface area contributed by atoms with E-state index in [1.165, 1.54) is 6.42 Å². The van der Waals surface area contributed by atoms with Gasteiger partial charge in [0.15, 0.2) is 0 Å². The van der Waals surface area contributed by atoms with Crippen LogP contribution in [0, 0.1) is 5.92 Å². The van der Waals surface area contributed by atoms with Crippen molar-refractivity contribution in [2.75, 3.05) is 7.05 Å². The molecule has 1 saturated carbocycles. The third-order valence-electron chi connectivity index (χ3n) is 3.84. The zero-order valence-electron chi connectivity index (χ0n) is 12.1. The van der Waals surface area contributed by atoms with E-state index in [4.69, 9.17) is 10.2 Å². The highest BCUT2D eigenvalue weighted by molar-refractivity contribution is 5.81. The predicted molar refractivity (Wildman–Crippen MR) is 74.6 cm³/mol. The maximum atomic E-state index is 12.0. The van der Waals surface area contributed by atoms with Gasteiger partial charge in [-0.3, -0.25) is 4.79 Å². The highest BCUT2D eigenvalue weighted by Gasteiger charge is 2.36. The number of rotatable bonds is 6. The van der Waals surface area contributed by atoms with Crippen molar-refractivity contribution in [3.63, 3.8) is 0 Å². The SMILES string of the molecule is CCC[C@@H](N)C(=O)N(C)Cc1ccc(C2CC2C)o1. The first-order valence-corrected chi connectivity index (χ1v) is 7.12. The molecule has 0 spiro atoms. The molecule has 0 aromatic carbocycles. The molecular formula is C15H24N2O2. The molecule has 2 N–H and O–H groups in total. The van der Waals surface area contributed by atoms with E-state index in [2.05, 4.69) is 6.92 Å². The fraction of sp³-hybridized carbons (Fsp3) is 0.667. The van der Waals surface area contributed by atoms with Gasteiger partial charge in [-0.05, 0) is 30.9 Å². The average molecular weight is 264 g/mol. The van der Waals surface area contributed by atoms with E-state index < -0.39 is 6.04 Å². The van der Waals surface area contributed by atoms with Crippen LogP contribution in [-0.2, 0) is 11.3 Å². The van der Waals surface area contributed by atoms with Crippen LogP contribution in [-0.4, -0.2) is 23.9 Å². The standard InChI is InChI=1S/C15H24N2O2/c1-4-5-13(16)15(18)17(3)9-11-6-7-14(19-11)12-8-10(12)2/h6-7,10,12-13H,4-5,8-9,16H2,1-3H3/t10?,12?,13-/m1/s1. The van der Waals surface area contributed by atoms with Crippen LogP contribution in [0.2, 0.25) is 0 Å². The number of carbonyl (C=O) groups is 1. The molecule has 1 amide bonds. The molecule has 0 saturated heterocycles. The van der Waals surface area contributed by atoms with Gasteiger partial charge in [0, 0.05) is 13.0 Å². The number of carbonyl (C=O) groups excluding carboxylic acids is 1. The number of amides is 1. The lowest BCUT2D eigenvalue weighted by Crippen LogP contribution is -2.41. The molecule has 0 radical (unpaired) electrons. The lowest BCUT2D eigenvalue weighted by molar-refractivity contribution is -0.132. The first kappa shape index (κ1) is 14.1. The van der Waals surface area contributed by atoms with E-state index in [1.807, 2.05) is 19.1 Å². The van der Waals surface area contributed by atoms with E-state index in [9.17, 15) is 4.79 Å². The summed E-state index contributed by atoms with van der Waals surface area (Å²) in [5.41, 5.74) is 5.84. The molecule has 106 valence electrons. The number of hydrogen-bond donors (Lipinski definition) is 1. The average Bonchev–Trinajstić information content (AvgIpc) is 2.92. The fourth-order valence-corrected chi connectivity index (χ4v) is 2.43. The van der Waals surface area contributed by atoms with Crippen LogP contribution in [0.4, 0.5) is 0 Å². The summed E-state index contributed by atoms with van der Waals surface area (Å²) >= 11 is 0. The van der Waals surface area contributed by atoms with E-state index in [0.717, 1.165) is 30.3 Å². The van der Waals surface area contributed by atoms with Crippen molar-refractivity contribution < 1.29 is 9.21 Å². The first-order chi connectivity index (χ1) is 9.02. The molecule has 19 heavy (non-hydrogen) atoms. The monoisotopic (exact) mass is 264 g/mol. The van der Waals surface area contributed by atoms with Crippen LogP contribution < -0.4 is 5.73 Å². The van der Waals surface area contributed by atoms with Crippen molar-refractivity contribution >= 4 is 5.91 Å². The van der Waals surface area contributed by atoms with Crippen LogP contribution in [0.25, 0.3) is 0 Å². The van der Waals surface area contributed by atoms with Gasteiger partial charge in [0.2, 0.25) is 5.91 Å². The Labute approximate surface area is 114 Å². The zero-order chi connectivity index (χ0) is 14.0. The second-order valence-electron chi connectivity index (χ2n) is 5.71. The largest absolute Gasteiger partial charge is 0.464 e. The number of furan rings is 1. The third-order valence-corrected chi connectivity index (χ3v) is 3.84. The molecule has 3 atom stereocenters. The first-order valence-electron chi connectivity index (χ1n) is 7.12. The van der Waals surface area contributed by atoms with Gasteiger partial charge >= 0.3 is 0 Å². The molecule has 1 aromatic rings. The number of nitrogens with two attached hydrogens (primary N) is 1. The van der Waals surface area contributed by atoms with Gasteiger partial charge in [0.25, 0.3) is 0 Å². The summed E-state index contributed by atoms with van der Waals surface area (Å²) in [5, 5.41) is 0. The highest BCUT2D eigenvalue weighted by Crippen LogP contribution is 2.47. The summed E-state index contributed by atoms with van der Waals surface area (Å²) in [6.45, 7) is 4.76. The lowest BCUT2D eigenvalue weighted by atomic mass is 10.1. The van der Waals surface area contributed by atoms with Crippen molar-refractivity contribution in [1.29, 1.82) is 0 Å². The van der Waals surface area contributed by atoms with Crippen LogP contribution >= 0.6 is 0 Å². The molecule has 1 aliphatic carbocycles. The second kappa shape index (κ2) is 5.78. The summed E-state index contributed by atoms with van der Waals surface area (Å²) < 4.78 is 5.80. The normalized spacial score (nSPS) is 23.2. The van der Waals surface area contributed by atoms with Crippen molar-refractivity contribution in [3.05, 3.63) is 23.7 Å². The minimum absolute atomic E-state index is 0.0143. The number of nitrogens with zero attached hydrogens (tertiary/aromatic N) is 1. The third kappa shape index (κ3) is 3.38. The molecule has 4 heteroatoms. The Morgan fingerprint density at radius 2 is 2.26 bits per heavy atom. The summed E-state index contributed by atoms with van der Waals surface area (Å²) in [6.07, 6.45) is 2.86. The number of hydrogen-bond acceptors (Lipinski definition) is 3. The van der Waals surface area contributed by atoms with Crippen molar-refractivity contribution in [2.45, 2.75) is 51.6 Å². The summed E-state index contributed by atoms with van der Waals surface area (Å²) in [7, 11) is 1.78. The van der Waals surface area contributed by atoms with Gasteiger partial charge < -0.3 is 15.1 Å². The predicted octanol–water partition coefficient (Wildman–Crippen LogP) is 2.49. The van der Waals surface area contributed by atoms with E-state index in [0.29, 0.717) is 12.5 Å². The van der Waals surface area contributed by atoms with Gasteiger partial charge in [-0.1, -0.05) is 20.3 Å². The Kier molecular flexibility index (Phi) is 4.30.